The highest BCUT2D eigenvalue weighted by molar-refractivity contribution is 5.75. The fraction of sp³-hybridized carbons (Fsp3) is 0.923. The molecule has 17 heavy (non-hydrogen) atoms. The summed E-state index contributed by atoms with van der Waals surface area (Å²) in [6.45, 7) is 4.37. The van der Waals surface area contributed by atoms with Gasteiger partial charge >= 0.3 is 5.97 Å². The SMILES string of the molecule is CCCCN(CCC(NC)C(=O)OC)C1CC1. The predicted octanol–water partition coefficient (Wildman–Crippen LogP) is 1.40. The molecule has 0 radical (unpaired) electrons. The van der Waals surface area contributed by atoms with Gasteiger partial charge in [0.05, 0.1) is 7.11 Å². The van der Waals surface area contributed by atoms with E-state index in [1.54, 1.807) is 0 Å². The number of carbonyl (C=O) groups excluding carboxylic acids is 1. The van der Waals surface area contributed by atoms with E-state index in [2.05, 4.69) is 17.1 Å². The molecule has 0 aromatic heterocycles. The van der Waals surface area contributed by atoms with Crippen LogP contribution in [0.3, 0.4) is 0 Å². The smallest absolute Gasteiger partial charge is 0.322 e. The molecule has 1 aliphatic carbocycles. The minimum Gasteiger partial charge on any atom is -0.468 e. The molecule has 1 atom stereocenters. The second kappa shape index (κ2) is 7.67. The fourth-order valence-corrected chi connectivity index (χ4v) is 2.10. The summed E-state index contributed by atoms with van der Waals surface area (Å²) < 4.78 is 4.77. The number of nitrogens with zero attached hydrogens (tertiary/aromatic N) is 1. The van der Waals surface area contributed by atoms with Gasteiger partial charge in [-0.25, -0.2) is 0 Å². The molecular weight excluding hydrogens is 216 g/mol. The van der Waals surface area contributed by atoms with E-state index < -0.39 is 0 Å². The molecule has 1 aliphatic rings. The zero-order valence-corrected chi connectivity index (χ0v) is 11.4. The largest absolute Gasteiger partial charge is 0.468 e. The van der Waals surface area contributed by atoms with Gasteiger partial charge in [0, 0.05) is 12.6 Å². The maximum atomic E-state index is 11.5. The molecule has 1 rings (SSSR count). The maximum Gasteiger partial charge on any atom is 0.322 e. The third-order valence-electron chi connectivity index (χ3n) is 3.40. The highest BCUT2D eigenvalue weighted by atomic mass is 16.5. The average molecular weight is 242 g/mol. The van der Waals surface area contributed by atoms with Crippen molar-refractivity contribution in [3.63, 3.8) is 0 Å². The molecule has 0 aromatic carbocycles. The van der Waals surface area contributed by atoms with Crippen LogP contribution in [0.4, 0.5) is 0 Å². The zero-order chi connectivity index (χ0) is 12.7. The first-order valence-electron chi connectivity index (χ1n) is 6.72. The molecule has 0 amide bonds. The van der Waals surface area contributed by atoms with E-state index in [4.69, 9.17) is 4.74 Å². The lowest BCUT2D eigenvalue weighted by atomic mass is 10.2. The van der Waals surface area contributed by atoms with E-state index in [1.165, 1.54) is 39.3 Å². The lowest BCUT2D eigenvalue weighted by Gasteiger charge is -2.23. The number of methoxy groups -OCH3 is 1. The number of ether oxygens (including phenoxy) is 1. The number of likely N-dealkylation sites (N-methyl/N-ethyl adjacent to an activating group) is 1. The van der Waals surface area contributed by atoms with Gasteiger partial charge in [0.15, 0.2) is 0 Å². The number of rotatable bonds is 9. The van der Waals surface area contributed by atoms with E-state index >= 15 is 0 Å². The molecule has 4 nitrogen and oxygen atoms in total. The van der Waals surface area contributed by atoms with Crippen LogP contribution in [0.15, 0.2) is 0 Å². The first-order valence-corrected chi connectivity index (χ1v) is 6.72. The summed E-state index contributed by atoms with van der Waals surface area (Å²) in [5, 5.41) is 3.02. The van der Waals surface area contributed by atoms with Crippen molar-refractivity contribution < 1.29 is 9.53 Å². The third-order valence-corrected chi connectivity index (χ3v) is 3.40. The van der Waals surface area contributed by atoms with Crippen molar-refractivity contribution in [1.82, 2.24) is 10.2 Å². The van der Waals surface area contributed by atoms with Crippen LogP contribution in [-0.4, -0.2) is 50.2 Å². The minimum absolute atomic E-state index is 0.154. The van der Waals surface area contributed by atoms with E-state index in [-0.39, 0.29) is 12.0 Å². The standard InChI is InChI=1S/C13H26N2O2/c1-4-5-9-15(11-6-7-11)10-8-12(14-2)13(16)17-3/h11-12,14H,4-10H2,1-3H3. The van der Waals surface area contributed by atoms with Crippen LogP contribution in [0, 0.1) is 0 Å². The van der Waals surface area contributed by atoms with Crippen molar-refractivity contribution in [2.75, 3.05) is 27.2 Å². The van der Waals surface area contributed by atoms with Crippen molar-refractivity contribution in [2.24, 2.45) is 0 Å². The molecule has 0 heterocycles. The molecule has 1 fully saturated rings. The Balaban J connectivity index is 2.31. The van der Waals surface area contributed by atoms with Crippen LogP contribution in [-0.2, 0) is 9.53 Å². The third kappa shape index (κ3) is 5.04. The van der Waals surface area contributed by atoms with Gasteiger partial charge in [0.1, 0.15) is 6.04 Å². The van der Waals surface area contributed by atoms with Crippen LogP contribution in [0.2, 0.25) is 0 Å². The molecule has 0 spiro atoms. The lowest BCUT2D eigenvalue weighted by molar-refractivity contribution is -0.143. The van der Waals surface area contributed by atoms with Gasteiger partial charge in [-0.2, -0.15) is 0 Å². The summed E-state index contributed by atoms with van der Waals surface area (Å²) in [5.74, 6) is -0.154. The number of hydrogen-bond acceptors (Lipinski definition) is 4. The Bertz CT molecular complexity index is 229. The van der Waals surface area contributed by atoms with Crippen molar-refractivity contribution in [3.05, 3.63) is 0 Å². The zero-order valence-electron chi connectivity index (χ0n) is 11.4. The summed E-state index contributed by atoms with van der Waals surface area (Å²) in [4.78, 5) is 14.0. The van der Waals surface area contributed by atoms with Gasteiger partial charge in [-0.3, -0.25) is 4.79 Å². The number of hydrogen-bond donors (Lipinski definition) is 1. The molecule has 1 N–H and O–H groups in total. The van der Waals surface area contributed by atoms with E-state index in [1.807, 2.05) is 7.05 Å². The Morgan fingerprint density at radius 2 is 2.18 bits per heavy atom. The Labute approximate surface area is 105 Å². The van der Waals surface area contributed by atoms with Crippen molar-refractivity contribution in [1.29, 1.82) is 0 Å². The molecule has 0 saturated heterocycles. The van der Waals surface area contributed by atoms with Crippen LogP contribution in [0.25, 0.3) is 0 Å². The van der Waals surface area contributed by atoms with Gasteiger partial charge < -0.3 is 15.0 Å². The monoisotopic (exact) mass is 242 g/mol. The molecule has 1 saturated carbocycles. The Morgan fingerprint density at radius 3 is 2.65 bits per heavy atom. The van der Waals surface area contributed by atoms with Crippen LogP contribution in [0.5, 0.6) is 0 Å². The lowest BCUT2D eigenvalue weighted by Crippen LogP contribution is -2.39. The molecule has 1 unspecified atom stereocenters. The topological polar surface area (TPSA) is 41.6 Å². The van der Waals surface area contributed by atoms with E-state index in [0.717, 1.165) is 19.0 Å². The van der Waals surface area contributed by atoms with Gasteiger partial charge in [-0.15, -0.1) is 0 Å². The molecule has 0 aliphatic heterocycles. The predicted molar refractivity (Wildman–Crippen MR) is 69.0 cm³/mol. The molecule has 100 valence electrons. The van der Waals surface area contributed by atoms with Crippen LogP contribution >= 0.6 is 0 Å². The summed E-state index contributed by atoms with van der Waals surface area (Å²) in [5.41, 5.74) is 0. The van der Waals surface area contributed by atoms with E-state index in [9.17, 15) is 4.79 Å². The minimum atomic E-state index is -0.164. The fourth-order valence-electron chi connectivity index (χ4n) is 2.10. The highest BCUT2D eigenvalue weighted by Gasteiger charge is 2.29. The maximum absolute atomic E-state index is 11.5. The Morgan fingerprint density at radius 1 is 1.47 bits per heavy atom. The second-order valence-corrected chi connectivity index (χ2v) is 4.77. The summed E-state index contributed by atoms with van der Waals surface area (Å²) in [7, 11) is 3.26. The number of carbonyl (C=O) groups is 1. The number of nitrogens with one attached hydrogen (secondary N) is 1. The van der Waals surface area contributed by atoms with Crippen molar-refractivity contribution >= 4 is 5.97 Å². The molecule has 4 heteroatoms. The van der Waals surface area contributed by atoms with Gasteiger partial charge in [0.25, 0.3) is 0 Å². The Hall–Kier alpha value is -0.610. The van der Waals surface area contributed by atoms with Crippen LogP contribution < -0.4 is 5.32 Å². The second-order valence-electron chi connectivity index (χ2n) is 4.77. The van der Waals surface area contributed by atoms with Gasteiger partial charge in [-0.1, -0.05) is 13.3 Å². The molecular formula is C13H26N2O2. The Kier molecular flexibility index (Phi) is 6.52. The van der Waals surface area contributed by atoms with E-state index in [0.29, 0.717) is 0 Å². The quantitative estimate of drug-likeness (QED) is 0.621. The van der Waals surface area contributed by atoms with Gasteiger partial charge in [-0.05, 0) is 39.3 Å². The van der Waals surface area contributed by atoms with Crippen molar-refractivity contribution in [2.45, 2.75) is 51.1 Å². The van der Waals surface area contributed by atoms with Gasteiger partial charge in [0.2, 0.25) is 0 Å². The van der Waals surface area contributed by atoms with Crippen molar-refractivity contribution in [3.8, 4) is 0 Å². The summed E-state index contributed by atoms with van der Waals surface area (Å²) >= 11 is 0. The average Bonchev–Trinajstić information content (AvgIpc) is 3.17. The van der Waals surface area contributed by atoms with Crippen LogP contribution in [0.1, 0.15) is 39.0 Å². The highest BCUT2D eigenvalue weighted by Crippen LogP contribution is 2.27. The normalized spacial score (nSPS) is 17.2. The first-order chi connectivity index (χ1) is 8.22. The molecule has 0 aromatic rings. The summed E-state index contributed by atoms with van der Waals surface area (Å²) in [6, 6.07) is 0.611. The number of unbranched alkanes of at least 4 members (excludes halogenated alkanes) is 1. The first kappa shape index (κ1) is 14.5. The number of esters is 1. The summed E-state index contributed by atoms with van der Waals surface area (Å²) in [6.07, 6.45) is 5.97. The molecule has 0 bridgehead atoms.